The van der Waals surface area contributed by atoms with Crippen molar-refractivity contribution in [2.45, 2.75) is 37.6 Å². The van der Waals surface area contributed by atoms with Gasteiger partial charge in [-0.15, -0.1) is 0 Å². The lowest BCUT2D eigenvalue weighted by Gasteiger charge is -2.10. The molecule has 0 amide bonds. The monoisotopic (exact) mass is 335 g/mol. The summed E-state index contributed by atoms with van der Waals surface area (Å²) in [6, 6.07) is 8.72. The highest BCUT2D eigenvalue weighted by molar-refractivity contribution is 9.10. The Labute approximate surface area is 127 Å². The van der Waals surface area contributed by atoms with Crippen LogP contribution in [0.1, 0.15) is 37.0 Å². The number of nitrogens with one attached hydrogen (secondary N) is 1. The Morgan fingerprint density at radius 1 is 1.45 bits per heavy atom. The van der Waals surface area contributed by atoms with Crippen molar-refractivity contribution in [3.05, 3.63) is 46.0 Å². The van der Waals surface area contributed by atoms with Gasteiger partial charge in [-0.25, -0.2) is 0 Å². The second-order valence-electron chi connectivity index (χ2n) is 5.50. The summed E-state index contributed by atoms with van der Waals surface area (Å²) in [6.45, 7) is 2.11. The lowest BCUT2D eigenvalue weighted by molar-refractivity contribution is 0.354. The van der Waals surface area contributed by atoms with Gasteiger partial charge in [0.05, 0.1) is 5.41 Å². The van der Waals surface area contributed by atoms with E-state index in [1.807, 2.05) is 13.1 Å². The van der Waals surface area contributed by atoms with E-state index in [2.05, 4.69) is 56.5 Å². The summed E-state index contributed by atoms with van der Waals surface area (Å²) in [5.41, 5.74) is 1.20. The highest BCUT2D eigenvalue weighted by Crippen LogP contribution is 2.53. The minimum absolute atomic E-state index is 0.0576. The zero-order valence-corrected chi connectivity index (χ0v) is 13.3. The van der Waals surface area contributed by atoms with Gasteiger partial charge >= 0.3 is 0 Å². The average molecular weight is 336 g/mol. The van der Waals surface area contributed by atoms with E-state index in [9.17, 15) is 0 Å². The highest BCUT2D eigenvalue weighted by atomic mass is 79.9. The lowest BCUT2D eigenvalue weighted by atomic mass is 9.96. The first-order valence-corrected chi connectivity index (χ1v) is 7.70. The van der Waals surface area contributed by atoms with Gasteiger partial charge in [-0.2, -0.15) is 4.98 Å². The van der Waals surface area contributed by atoms with Gasteiger partial charge in [0, 0.05) is 16.9 Å². The molecule has 1 aromatic carbocycles. The number of hydrogen-bond donors (Lipinski definition) is 1. The number of rotatable bonds is 5. The summed E-state index contributed by atoms with van der Waals surface area (Å²) >= 11 is 3.53. The van der Waals surface area contributed by atoms with Crippen molar-refractivity contribution in [2.75, 3.05) is 7.05 Å². The Morgan fingerprint density at radius 2 is 2.25 bits per heavy atom. The van der Waals surface area contributed by atoms with Crippen molar-refractivity contribution >= 4 is 15.9 Å². The van der Waals surface area contributed by atoms with Gasteiger partial charge in [0.2, 0.25) is 5.89 Å². The van der Waals surface area contributed by atoms with Crippen LogP contribution in [-0.4, -0.2) is 23.2 Å². The van der Waals surface area contributed by atoms with Crippen molar-refractivity contribution < 1.29 is 4.52 Å². The lowest BCUT2D eigenvalue weighted by Crippen LogP contribution is -2.24. The van der Waals surface area contributed by atoms with Crippen LogP contribution in [0.2, 0.25) is 0 Å². The Bertz CT molecular complexity index is 607. The fraction of sp³-hybridized carbons (Fsp3) is 0.467. The molecule has 0 aliphatic heterocycles. The fourth-order valence-corrected chi connectivity index (χ4v) is 2.84. The smallest absolute Gasteiger partial charge is 0.237 e. The first kappa shape index (κ1) is 13.8. The van der Waals surface area contributed by atoms with E-state index in [0.29, 0.717) is 6.04 Å². The molecule has 0 radical (unpaired) electrons. The zero-order valence-electron chi connectivity index (χ0n) is 11.7. The number of benzene rings is 1. The van der Waals surface area contributed by atoms with Gasteiger partial charge in [0.25, 0.3) is 0 Å². The number of halogens is 1. The second-order valence-corrected chi connectivity index (χ2v) is 6.42. The van der Waals surface area contributed by atoms with Crippen LogP contribution in [0, 0.1) is 0 Å². The summed E-state index contributed by atoms with van der Waals surface area (Å²) in [4.78, 5) is 4.61. The minimum Gasteiger partial charge on any atom is -0.338 e. The molecule has 1 aliphatic carbocycles. The maximum absolute atomic E-state index is 5.53. The van der Waals surface area contributed by atoms with Gasteiger partial charge in [-0.05, 0) is 44.5 Å². The zero-order chi connectivity index (χ0) is 14.2. The third kappa shape index (κ3) is 2.52. The summed E-state index contributed by atoms with van der Waals surface area (Å²) in [7, 11) is 1.94. The first-order chi connectivity index (χ1) is 9.64. The molecule has 1 atom stereocenters. The molecule has 3 rings (SSSR count). The largest absolute Gasteiger partial charge is 0.338 e. The summed E-state index contributed by atoms with van der Waals surface area (Å²) in [5, 5.41) is 7.31. The highest BCUT2D eigenvalue weighted by Gasteiger charge is 2.51. The molecule has 5 heteroatoms. The first-order valence-electron chi connectivity index (χ1n) is 6.90. The molecule has 2 aromatic rings. The van der Waals surface area contributed by atoms with Gasteiger partial charge < -0.3 is 9.84 Å². The predicted octanol–water partition coefficient (Wildman–Crippen LogP) is 3.06. The van der Waals surface area contributed by atoms with Crippen molar-refractivity contribution in [3.63, 3.8) is 0 Å². The summed E-state index contributed by atoms with van der Waals surface area (Å²) in [5.74, 6) is 1.54. The van der Waals surface area contributed by atoms with Crippen molar-refractivity contribution in [1.29, 1.82) is 0 Å². The molecular weight excluding hydrogens is 318 g/mol. The Balaban J connectivity index is 1.85. The van der Waals surface area contributed by atoms with Gasteiger partial charge in [-0.3, -0.25) is 0 Å². The molecule has 0 bridgehead atoms. The van der Waals surface area contributed by atoms with Gasteiger partial charge in [0.15, 0.2) is 5.82 Å². The van der Waals surface area contributed by atoms with Crippen LogP contribution in [-0.2, 0) is 11.8 Å². The Morgan fingerprint density at radius 3 is 2.90 bits per heavy atom. The quantitative estimate of drug-likeness (QED) is 0.912. The standard InChI is InChI=1S/C15H18BrN3O/c1-10(17-2)8-13-18-14(20-19-13)15(6-7-15)11-4-3-5-12(16)9-11/h3-5,9-10,17H,6-8H2,1-2H3. The summed E-state index contributed by atoms with van der Waals surface area (Å²) < 4.78 is 6.62. The van der Waals surface area contributed by atoms with Crippen LogP contribution in [0.25, 0.3) is 0 Å². The van der Waals surface area contributed by atoms with E-state index in [4.69, 9.17) is 4.52 Å². The maximum Gasteiger partial charge on any atom is 0.237 e. The van der Waals surface area contributed by atoms with E-state index < -0.39 is 0 Å². The van der Waals surface area contributed by atoms with Crippen LogP contribution < -0.4 is 5.32 Å². The molecule has 1 aromatic heterocycles. The second kappa shape index (κ2) is 5.30. The van der Waals surface area contributed by atoms with Crippen LogP contribution in [0.5, 0.6) is 0 Å². The molecule has 0 saturated heterocycles. The molecule has 1 unspecified atom stereocenters. The third-order valence-corrected chi connectivity index (χ3v) is 4.48. The SMILES string of the molecule is CNC(C)Cc1noc(C2(c3cccc(Br)c3)CC2)n1. The van der Waals surface area contributed by atoms with Gasteiger partial charge in [0.1, 0.15) is 0 Å². The summed E-state index contributed by atoms with van der Waals surface area (Å²) in [6.07, 6.45) is 2.94. The average Bonchev–Trinajstić information content (AvgIpc) is 3.13. The van der Waals surface area contributed by atoms with E-state index >= 15 is 0 Å². The molecule has 1 saturated carbocycles. The topological polar surface area (TPSA) is 51.0 Å². The van der Waals surface area contributed by atoms with Crippen molar-refractivity contribution in [1.82, 2.24) is 15.5 Å². The molecular formula is C15H18BrN3O. The number of hydrogen-bond acceptors (Lipinski definition) is 4. The van der Waals surface area contributed by atoms with E-state index in [-0.39, 0.29) is 5.41 Å². The van der Waals surface area contributed by atoms with Crippen LogP contribution in [0.3, 0.4) is 0 Å². The Kier molecular flexibility index (Phi) is 3.65. The van der Waals surface area contributed by atoms with E-state index in [0.717, 1.165) is 35.5 Å². The van der Waals surface area contributed by atoms with Crippen LogP contribution in [0.15, 0.2) is 33.3 Å². The van der Waals surface area contributed by atoms with Crippen molar-refractivity contribution in [3.8, 4) is 0 Å². The molecule has 1 fully saturated rings. The number of likely N-dealkylation sites (N-methyl/N-ethyl adjacent to an activating group) is 1. The fourth-order valence-electron chi connectivity index (χ4n) is 2.44. The molecule has 4 nitrogen and oxygen atoms in total. The van der Waals surface area contributed by atoms with Crippen molar-refractivity contribution in [2.24, 2.45) is 0 Å². The number of nitrogens with zero attached hydrogens (tertiary/aromatic N) is 2. The van der Waals surface area contributed by atoms with E-state index in [1.165, 1.54) is 5.56 Å². The van der Waals surface area contributed by atoms with Crippen LogP contribution >= 0.6 is 15.9 Å². The molecule has 106 valence electrons. The molecule has 1 N–H and O–H groups in total. The van der Waals surface area contributed by atoms with E-state index in [1.54, 1.807) is 0 Å². The van der Waals surface area contributed by atoms with Crippen LogP contribution in [0.4, 0.5) is 0 Å². The normalized spacial score (nSPS) is 17.9. The molecule has 0 spiro atoms. The maximum atomic E-state index is 5.53. The predicted molar refractivity (Wildman–Crippen MR) is 80.7 cm³/mol. The molecule has 20 heavy (non-hydrogen) atoms. The molecule has 1 aliphatic rings. The Hall–Kier alpha value is -1.20. The third-order valence-electron chi connectivity index (χ3n) is 3.99. The number of aromatic nitrogens is 2. The molecule has 1 heterocycles. The minimum atomic E-state index is -0.0576. The van der Waals surface area contributed by atoms with Gasteiger partial charge in [-0.1, -0.05) is 33.2 Å².